The molecule has 1 fully saturated rings. The number of piperidine rings is 1. The van der Waals surface area contributed by atoms with Crippen molar-refractivity contribution in [3.05, 3.63) is 41.7 Å². The van der Waals surface area contributed by atoms with Crippen LogP contribution >= 0.6 is 0 Å². The van der Waals surface area contributed by atoms with Crippen LogP contribution in [0.2, 0.25) is 0 Å². The summed E-state index contributed by atoms with van der Waals surface area (Å²) in [6.45, 7) is 5.02. The Bertz CT molecular complexity index is 665. The van der Waals surface area contributed by atoms with Crippen molar-refractivity contribution >= 4 is 5.91 Å². The molecular formula is C16H20N4O2. The highest BCUT2D eigenvalue weighted by Crippen LogP contribution is 2.18. The van der Waals surface area contributed by atoms with E-state index in [1.807, 2.05) is 38.1 Å². The quantitative estimate of drug-likeness (QED) is 0.910. The summed E-state index contributed by atoms with van der Waals surface area (Å²) in [5.74, 6) is 0.0524. The molecule has 1 aromatic heterocycles. The number of nitrogens with zero attached hydrogens (tertiary/aromatic N) is 4. The first-order valence-electron chi connectivity index (χ1n) is 7.51. The van der Waals surface area contributed by atoms with Crippen LogP contribution in [0.3, 0.4) is 0 Å². The van der Waals surface area contributed by atoms with E-state index < -0.39 is 6.10 Å². The fourth-order valence-electron chi connectivity index (χ4n) is 2.58. The summed E-state index contributed by atoms with van der Waals surface area (Å²) in [5, 5.41) is 17.9. The van der Waals surface area contributed by atoms with Gasteiger partial charge in [-0.3, -0.25) is 4.79 Å². The molecule has 1 amide bonds. The van der Waals surface area contributed by atoms with E-state index in [1.165, 1.54) is 0 Å². The molecule has 6 nitrogen and oxygen atoms in total. The van der Waals surface area contributed by atoms with Crippen LogP contribution in [0.25, 0.3) is 5.69 Å². The molecule has 116 valence electrons. The van der Waals surface area contributed by atoms with Gasteiger partial charge in [0.2, 0.25) is 0 Å². The molecule has 0 aliphatic carbocycles. The van der Waals surface area contributed by atoms with Crippen LogP contribution in [-0.2, 0) is 0 Å². The van der Waals surface area contributed by atoms with Crippen molar-refractivity contribution in [2.45, 2.75) is 26.4 Å². The Morgan fingerprint density at radius 2 is 2.05 bits per heavy atom. The molecule has 1 aliphatic rings. The second-order valence-corrected chi connectivity index (χ2v) is 5.97. The number of benzene rings is 1. The van der Waals surface area contributed by atoms with Crippen molar-refractivity contribution in [3.63, 3.8) is 0 Å². The van der Waals surface area contributed by atoms with Crippen LogP contribution in [0.15, 0.2) is 30.5 Å². The first-order valence-corrected chi connectivity index (χ1v) is 7.51. The fourth-order valence-corrected chi connectivity index (χ4v) is 2.58. The monoisotopic (exact) mass is 300 g/mol. The Morgan fingerprint density at radius 3 is 2.73 bits per heavy atom. The number of aryl methyl sites for hydroxylation is 1. The average molecular weight is 300 g/mol. The molecule has 2 atom stereocenters. The Balaban J connectivity index is 1.76. The van der Waals surface area contributed by atoms with Crippen molar-refractivity contribution in [1.82, 2.24) is 19.9 Å². The maximum atomic E-state index is 12.4. The minimum absolute atomic E-state index is 0.177. The van der Waals surface area contributed by atoms with Gasteiger partial charge in [-0.1, -0.05) is 29.8 Å². The van der Waals surface area contributed by atoms with Gasteiger partial charge in [0.05, 0.1) is 18.0 Å². The lowest BCUT2D eigenvalue weighted by atomic mass is 9.96. The van der Waals surface area contributed by atoms with E-state index in [-0.39, 0.29) is 11.8 Å². The summed E-state index contributed by atoms with van der Waals surface area (Å²) in [6.07, 6.45) is 1.97. The van der Waals surface area contributed by atoms with Crippen LogP contribution in [0.4, 0.5) is 0 Å². The second kappa shape index (κ2) is 5.88. The number of carbonyl (C=O) groups is 1. The first-order chi connectivity index (χ1) is 10.5. The summed E-state index contributed by atoms with van der Waals surface area (Å²) in [4.78, 5) is 14.1. The van der Waals surface area contributed by atoms with E-state index in [0.717, 1.165) is 17.7 Å². The normalized spacial score (nSPS) is 21.9. The SMILES string of the molecule is Cc1ccc(-n2cc(C(=O)N3CCC(C)C(O)C3)nn2)cc1. The molecular weight excluding hydrogens is 280 g/mol. The predicted octanol–water partition coefficient (Wildman–Crippen LogP) is 1.42. The van der Waals surface area contributed by atoms with Crippen molar-refractivity contribution < 1.29 is 9.90 Å². The lowest BCUT2D eigenvalue weighted by molar-refractivity contribution is 0.0245. The van der Waals surface area contributed by atoms with Gasteiger partial charge in [0.25, 0.3) is 5.91 Å². The third kappa shape index (κ3) is 2.87. The molecule has 2 heterocycles. The fraction of sp³-hybridized carbons (Fsp3) is 0.438. The number of β-amino-alcohol motifs (C(OH)–C–C–N with tert-alkyl or cyclic N) is 1. The van der Waals surface area contributed by atoms with E-state index in [0.29, 0.717) is 18.8 Å². The van der Waals surface area contributed by atoms with Crippen molar-refractivity contribution in [1.29, 1.82) is 0 Å². The Labute approximate surface area is 129 Å². The van der Waals surface area contributed by atoms with Gasteiger partial charge in [-0.05, 0) is 31.4 Å². The highest BCUT2D eigenvalue weighted by atomic mass is 16.3. The molecule has 2 aromatic rings. The third-order valence-corrected chi connectivity index (χ3v) is 4.22. The molecule has 6 heteroatoms. The van der Waals surface area contributed by atoms with Crippen LogP contribution in [0.1, 0.15) is 29.4 Å². The average Bonchev–Trinajstić information content (AvgIpc) is 3.00. The highest BCUT2D eigenvalue weighted by Gasteiger charge is 2.29. The zero-order valence-electron chi connectivity index (χ0n) is 12.8. The van der Waals surface area contributed by atoms with E-state index in [2.05, 4.69) is 10.3 Å². The summed E-state index contributed by atoms with van der Waals surface area (Å²) in [5.41, 5.74) is 2.34. The van der Waals surface area contributed by atoms with Crippen LogP contribution in [0, 0.1) is 12.8 Å². The minimum atomic E-state index is -0.468. The number of carbonyl (C=O) groups excluding carboxylic acids is 1. The Hall–Kier alpha value is -2.21. The van der Waals surface area contributed by atoms with Gasteiger partial charge in [-0.25, -0.2) is 4.68 Å². The van der Waals surface area contributed by atoms with Crippen LogP contribution < -0.4 is 0 Å². The molecule has 1 saturated heterocycles. The van der Waals surface area contributed by atoms with E-state index in [1.54, 1.807) is 15.8 Å². The molecule has 1 aliphatic heterocycles. The number of aliphatic hydroxyl groups excluding tert-OH is 1. The molecule has 3 rings (SSSR count). The van der Waals surface area contributed by atoms with Crippen molar-refractivity contribution in [2.75, 3.05) is 13.1 Å². The zero-order chi connectivity index (χ0) is 15.7. The topological polar surface area (TPSA) is 71.2 Å². The number of rotatable bonds is 2. The number of aromatic nitrogens is 3. The summed E-state index contributed by atoms with van der Waals surface area (Å²) in [6, 6.07) is 7.84. The summed E-state index contributed by atoms with van der Waals surface area (Å²) in [7, 11) is 0. The predicted molar refractivity (Wildman–Crippen MR) is 81.8 cm³/mol. The van der Waals surface area contributed by atoms with Crippen molar-refractivity contribution in [3.8, 4) is 5.69 Å². The molecule has 1 aromatic carbocycles. The number of likely N-dealkylation sites (tertiary alicyclic amines) is 1. The summed E-state index contributed by atoms with van der Waals surface area (Å²) < 4.78 is 1.59. The molecule has 0 saturated carbocycles. The van der Waals surface area contributed by atoms with Gasteiger partial charge >= 0.3 is 0 Å². The lowest BCUT2D eigenvalue weighted by Gasteiger charge is -2.33. The number of aliphatic hydroxyl groups is 1. The number of hydrogen-bond donors (Lipinski definition) is 1. The molecule has 22 heavy (non-hydrogen) atoms. The van der Waals surface area contributed by atoms with Gasteiger partial charge in [0, 0.05) is 13.1 Å². The molecule has 0 radical (unpaired) electrons. The smallest absolute Gasteiger partial charge is 0.276 e. The van der Waals surface area contributed by atoms with Gasteiger partial charge in [-0.2, -0.15) is 0 Å². The standard InChI is InChI=1S/C16H20N4O2/c1-11-3-5-13(6-4-11)20-9-14(17-18-20)16(22)19-8-7-12(2)15(21)10-19/h3-6,9,12,15,21H,7-8,10H2,1-2H3. The largest absolute Gasteiger partial charge is 0.391 e. The highest BCUT2D eigenvalue weighted by molar-refractivity contribution is 5.92. The number of amides is 1. The molecule has 1 N–H and O–H groups in total. The molecule has 2 unspecified atom stereocenters. The zero-order valence-corrected chi connectivity index (χ0v) is 12.8. The maximum absolute atomic E-state index is 12.4. The van der Waals surface area contributed by atoms with Gasteiger partial charge in [0.15, 0.2) is 5.69 Å². The molecule has 0 bridgehead atoms. The van der Waals surface area contributed by atoms with Gasteiger partial charge in [0.1, 0.15) is 0 Å². The molecule has 0 spiro atoms. The van der Waals surface area contributed by atoms with E-state index >= 15 is 0 Å². The van der Waals surface area contributed by atoms with E-state index in [4.69, 9.17) is 0 Å². The third-order valence-electron chi connectivity index (χ3n) is 4.22. The lowest BCUT2D eigenvalue weighted by Crippen LogP contribution is -2.45. The maximum Gasteiger partial charge on any atom is 0.276 e. The summed E-state index contributed by atoms with van der Waals surface area (Å²) >= 11 is 0. The Morgan fingerprint density at radius 1 is 1.32 bits per heavy atom. The van der Waals surface area contributed by atoms with Crippen molar-refractivity contribution in [2.24, 2.45) is 5.92 Å². The second-order valence-electron chi connectivity index (χ2n) is 5.97. The Kier molecular flexibility index (Phi) is 3.94. The van der Waals surface area contributed by atoms with Gasteiger partial charge in [-0.15, -0.1) is 5.10 Å². The van der Waals surface area contributed by atoms with Gasteiger partial charge < -0.3 is 10.0 Å². The minimum Gasteiger partial charge on any atom is -0.391 e. The number of hydrogen-bond acceptors (Lipinski definition) is 4. The van der Waals surface area contributed by atoms with E-state index in [9.17, 15) is 9.90 Å². The van der Waals surface area contributed by atoms with Crippen LogP contribution in [-0.4, -0.2) is 50.1 Å². The van der Waals surface area contributed by atoms with Crippen LogP contribution in [0.5, 0.6) is 0 Å². The first kappa shape index (κ1) is 14.7.